The molecule has 1 aromatic carbocycles. The van der Waals surface area contributed by atoms with Crippen LogP contribution in [-0.2, 0) is 6.54 Å². The van der Waals surface area contributed by atoms with Gasteiger partial charge in [-0.05, 0) is 23.8 Å². The van der Waals surface area contributed by atoms with Crippen molar-refractivity contribution in [2.75, 3.05) is 13.1 Å². The summed E-state index contributed by atoms with van der Waals surface area (Å²) in [7, 11) is 0. The predicted molar refractivity (Wildman–Crippen MR) is 104 cm³/mol. The Morgan fingerprint density at radius 2 is 1.92 bits per heavy atom. The molecule has 4 nitrogen and oxygen atoms in total. The van der Waals surface area contributed by atoms with E-state index in [4.69, 9.17) is 4.98 Å². The van der Waals surface area contributed by atoms with Gasteiger partial charge in [-0.1, -0.05) is 44.2 Å². The lowest BCUT2D eigenvalue weighted by molar-refractivity contribution is 0.131. The Balaban J connectivity index is 1.66. The lowest BCUT2D eigenvalue weighted by Gasteiger charge is -2.34. The minimum absolute atomic E-state index is 0.0294. The van der Waals surface area contributed by atoms with Crippen LogP contribution in [0.25, 0.3) is 21.3 Å². The van der Waals surface area contributed by atoms with Gasteiger partial charge in [0.2, 0.25) is 0 Å². The maximum atomic E-state index is 12.7. The second-order valence-corrected chi connectivity index (χ2v) is 8.21. The Labute approximate surface area is 151 Å². The van der Waals surface area contributed by atoms with Crippen molar-refractivity contribution in [3.8, 4) is 11.1 Å². The second-order valence-electron chi connectivity index (χ2n) is 7.35. The third-order valence-corrected chi connectivity index (χ3v) is 5.77. The second kappa shape index (κ2) is 6.73. The maximum absolute atomic E-state index is 12.7. The summed E-state index contributed by atoms with van der Waals surface area (Å²) in [4.78, 5) is 23.7. The zero-order chi connectivity index (χ0) is 17.4. The van der Waals surface area contributed by atoms with Crippen LogP contribution in [0.5, 0.6) is 0 Å². The number of benzene rings is 1. The van der Waals surface area contributed by atoms with Crippen LogP contribution in [0.3, 0.4) is 0 Å². The molecule has 0 radical (unpaired) electrons. The summed E-state index contributed by atoms with van der Waals surface area (Å²) >= 11 is 1.55. The Kier molecular flexibility index (Phi) is 4.44. The molecule has 0 aliphatic carbocycles. The number of rotatable bonds is 3. The van der Waals surface area contributed by atoms with Crippen LogP contribution in [0, 0.1) is 11.8 Å². The van der Waals surface area contributed by atoms with E-state index in [-0.39, 0.29) is 5.56 Å². The molecule has 1 N–H and O–H groups in total. The molecule has 3 aromatic rings. The lowest BCUT2D eigenvalue weighted by atomic mass is 9.92. The first-order valence-electron chi connectivity index (χ1n) is 8.88. The van der Waals surface area contributed by atoms with Gasteiger partial charge in [0, 0.05) is 24.0 Å². The van der Waals surface area contributed by atoms with Crippen LogP contribution in [0.2, 0.25) is 0 Å². The van der Waals surface area contributed by atoms with Gasteiger partial charge in [-0.15, -0.1) is 11.3 Å². The molecule has 0 unspecified atom stereocenters. The van der Waals surface area contributed by atoms with E-state index in [1.54, 1.807) is 11.3 Å². The average Bonchev–Trinajstić information content (AvgIpc) is 2.99. The van der Waals surface area contributed by atoms with Crippen molar-refractivity contribution < 1.29 is 0 Å². The van der Waals surface area contributed by atoms with E-state index in [1.807, 2.05) is 35.7 Å². The number of hydrogen-bond acceptors (Lipinski definition) is 4. The molecule has 1 fully saturated rings. The van der Waals surface area contributed by atoms with Gasteiger partial charge < -0.3 is 4.98 Å². The molecule has 2 aromatic heterocycles. The number of aromatic nitrogens is 2. The highest BCUT2D eigenvalue weighted by Gasteiger charge is 2.22. The number of nitrogens with one attached hydrogen (secondary N) is 1. The molecule has 4 rings (SSSR count). The third-order valence-electron chi connectivity index (χ3n) is 4.90. The van der Waals surface area contributed by atoms with Crippen molar-refractivity contribution in [1.29, 1.82) is 0 Å². The van der Waals surface area contributed by atoms with Gasteiger partial charge in [0.1, 0.15) is 10.7 Å². The van der Waals surface area contributed by atoms with E-state index in [0.717, 1.165) is 41.4 Å². The summed E-state index contributed by atoms with van der Waals surface area (Å²) in [6, 6.07) is 10.0. The van der Waals surface area contributed by atoms with Gasteiger partial charge in [-0.2, -0.15) is 0 Å². The number of nitrogens with zero attached hydrogens (tertiary/aromatic N) is 2. The molecule has 1 saturated heterocycles. The van der Waals surface area contributed by atoms with Gasteiger partial charge >= 0.3 is 0 Å². The molecule has 0 amide bonds. The summed E-state index contributed by atoms with van der Waals surface area (Å²) in [5.41, 5.74) is 2.01. The van der Waals surface area contributed by atoms with Crippen molar-refractivity contribution >= 4 is 21.6 Å². The Morgan fingerprint density at radius 3 is 2.64 bits per heavy atom. The van der Waals surface area contributed by atoms with Crippen molar-refractivity contribution in [2.45, 2.75) is 26.8 Å². The van der Waals surface area contributed by atoms with E-state index in [1.165, 1.54) is 6.42 Å². The highest BCUT2D eigenvalue weighted by molar-refractivity contribution is 7.17. The minimum atomic E-state index is -0.0294. The Hall–Kier alpha value is -1.98. The van der Waals surface area contributed by atoms with Gasteiger partial charge in [-0.3, -0.25) is 9.69 Å². The molecule has 25 heavy (non-hydrogen) atoms. The van der Waals surface area contributed by atoms with Gasteiger partial charge in [0.05, 0.1) is 11.9 Å². The molecule has 0 saturated carbocycles. The molecule has 2 atom stereocenters. The van der Waals surface area contributed by atoms with E-state index < -0.39 is 0 Å². The quantitative estimate of drug-likeness (QED) is 0.770. The fraction of sp³-hybridized carbons (Fsp3) is 0.400. The fourth-order valence-electron chi connectivity index (χ4n) is 4.03. The maximum Gasteiger partial charge on any atom is 0.260 e. The highest BCUT2D eigenvalue weighted by Crippen LogP contribution is 2.30. The SMILES string of the molecule is C[C@@H]1C[C@H](C)CN(Cc2nc3scc(-c4ccccc4)c3c(=O)[nH]2)C1. The van der Waals surface area contributed by atoms with Crippen LogP contribution in [-0.4, -0.2) is 28.0 Å². The molecule has 130 valence electrons. The number of H-pyrrole nitrogens is 1. The van der Waals surface area contributed by atoms with E-state index >= 15 is 0 Å². The third kappa shape index (κ3) is 3.39. The van der Waals surface area contributed by atoms with E-state index in [2.05, 4.69) is 23.7 Å². The van der Waals surface area contributed by atoms with Gasteiger partial charge in [-0.25, -0.2) is 4.98 Å². The van der Waals surface area contributed by atoms with Gasteiger partial charge in [0.25, 0.3) is 5.56 Å². The summed E-state index contributed by atoms with van der Waals surface area (Å²) in [5.74, 6) is 2.18. The first-order chi connectivity index (χ1) is 12.1. The topological polar surface area (TPSA) is 49.0 Å². The summed E-state index contributed by atoms with van der Waals surface area (Å²) in [6.45, 7) is 7.47. The van der Waals surface area contributed by atoms with Crippen LogP contribution in [0.4, 0.5) is 0 Å². The predicted octanol–water partition coefficient (Wildman–Crippen LogP) is 4.13. The summed E-state index contributed by atoms with van der Waals surface area (Å²) in [6.07, 6.45) is 1.28. The lowest BCUT2D eigenvalue weighted by Crippen LogP contribution is -2.38. The summed E-state index contributed by atoms with van der Waals surface area (Å²) in [5, 5.41) is 2.75. The zero-order valence-electron chi connectivity index (χ0n) is 14.7. The monoisotopic (exact) mass is 353 g/mol. The van der Waals surface area contributed by atoms with Crippen molar-refractivity contribution in [2.24, 2.45) is 11.8 Å². The molecule has 0 bridgehead atoms. The first kappa shape index (κ1) is 16.5. The number of likely N-dealkylation sites (tertiary alicyclic amines) is 1. The van der Waals surface area contributed by atoms with Gasteiger partial charge in [0.15, 0.2) is 0 Å². The molecule has 5 heteroatoms. The standard InChI is InChI=1S/C20H23N3OS/c1-13-8-14(2)10-23(9-13)11-17-21-19(24)18-16(12-25-20(18)22-17)15-6-4-3-5-7-15/h3-7,12-14H,8-11H2,1-2H3,(H,21,22,24)/t13-,14+. The molecular weight excluding hydrogens is 330 g/mol. The largest absolute Gasteiger partial charge is 0.309 e. The number of hydrogen-bond donors (Lipinski definition) is 1. The van der Waals surface area contributed by atoms with Crippen LogP contribution >= 0.6 is 11.3 Å². The van der Waals surface area contributed by atoms with Crippen molar-refractivity contribution in [1.82, 2.24) is 14.9 Å². The van der Waals surface area contributed by atoms with Crippen LogP contribution in [0.15, 0.2) is 40.5 Å². The smallest absolute Gasteiger partial charge is 0.260 e. The highest BCUT2D eigenvalue weighted by atomic mass is 32.1. The first-order valence-corrected chi connectivity index (χ1v) is 9.76. The number of fused-ring (bicyclic) bond motifs is 1. The molecule has 3 heterocycles. The van der Waals surface area contributed by atoms with Crippen molar-refractivity contribution in [3.63, 3.8) is 0 Å². The molecule has 0 spiro atoms. The number of thiophene rings is 1. The summed E-state index contributed by atoms with van der Waals surface area (Å²) < 4.78 is 0. The normalized spacial score (nSPS) is 21.7. The number of piperidine rings is 1. The fourth-order valence-corrected chi connectivity index (χ4v) is 5.00. The Bertz CT molecular complexity index is 921. The van der Waals surface area contributed by atoms with E-state index in [9.17, 15) is 4.79 Å². The van der Waals surface area contributed by atoms with Crippen LogP contribution in [0.1, 0.15) is 26.1 Å². The van der Waals surface area contributed by atoms with Crippen molar-refractivity contribution in [3.05, 3.63) is 51.9 Å². The molecular formula is C20H23N3OS. The zero-order valence-corrected chi connectivity index (χ0v) is 15.5. The van der Waals surface area contributed by atoms with E-state index in [0.29, 0.717) is 17.2 Å². The van der Waals surface area contributed by atoms with Crippen LogP contribution < -0.4 is 5.56 Å². The average molecular weight is 353 g/mol. The number of aromatic amines is 1. The molecule has 1 aliphatic heterocycles. The molecule has 1 aliphatic rings. The Morgan fingerprint density at radius 1 is 1.20 bits per heavy atom. The minimum Gasteiger partial charge on any atom is -0.309 e.